The van der Waals surface area contributed by atoms with E-state index in [4.69, 9.17) is 4.42 Å². The summed E-state index contributed by atoms with van der Waals surface area (Å²) in [5, 5.41) is 10.6. The van der Waals surface area contributed by atoms with Crippen LogP contribution < -0.4 is 4.90 Å². The van der Waals surface area contributed by atoms with Gasteiger partial charge in [0.2, 0.25) is 0 Å². The summed E-state index contributed by atoms with van der Waals surface area (Å²) in [7, 11) is -3.26. The summed E-state index contributed by atoms with van der Waals surface area (Å²) >= 11 is 0. The van der Waals surface area contributed by atoms with Crippen LogP contribution in [0.1, 0.15) is 26.7 Å². The Morgan fingerprint density at radius 3 is 2.47 bits per heavy atom. The summed E-state index contributed by atoms with van der Waals surface area (Å²) in [6.07, 6.45) is 6.66. The Labute approximate surface area is 199 Å². The highest BCUT2D eigenvalue weighted by Crippen LogP contribution is 2.36. The van der Waals surface area contributed by atoms with Crippen LogP contribution in [0.2, 0.25) is 0 Å². The summed E-state index contributed by atoms with van der Waals surface area (Å²) in [5.41, 5.74) is 3.17. The maximum absolute atomic E-state index is 11.8. The molecule has 176 valence electrons. The number of benzene rings is 1. The van der Waals surface area contributed by atoms with Gasteiger partial charge in [-0.2, -0.15) is 0 Å². The van der Waals surface area contributed by atoms with Gasteiger partial charge in [-0.25, -0.2) is 13.4 Å². The van der Waals surface area contributed by atoms with E-state index in [1.807, 2.05) is 38.1 Å². The van der Waals surface area contributed by atoms with Crippen LogP contribution in [0.15, 0.2) is 70.2 Å². The maximum Gasteiger partial charge on any atom is 0.175 e. The topological polar surface area (TPSA) is 96.5 Å². The minimum atomic E-state index is -3.26. The van der Waals surface area contributed by atoms with Crippen molar-refractivity contribution in [2.45, 2.75) is 43.2 Å². The predicted molar refractivity (Wildman–Crippen MR) is 132 cm³/mol. The van der Waals surface area contributed by atoms with Gasteiger partial charge in [0.05, 0.1) is 16.5 Å². The first-order chi connectivity index (χ1) is 16.1. The number of pyridine rings is 2. The molecule has 5 rings (SSSR count). The second-order valence-corrected chi connectivity index (χ2v) is 11.4. The van der Waals surface area contributed by atoms with Crippen LogP contribution in [0.3, 0.4) is 0 Å². The molecule has 3 aromatic heterocycles. The van der Waals surface area contributed by atoms with E-state index < -0.39 is 15.4 Å². The van der Waals surface area contributed by atoms with E-state index >= 15 is 0 Å². The van der Waals surface area contributed by atoms with Crippen molar-refractivity contribution in [1.29, 1.82) is 0 Å². The van der Waals surface area contributed by atoms with Crippen molar-refractivity contribution in [2.75, 3.05) is 17.7 Å². The lowest BCUT2D eigenvalue weighted by Crippen LogP contribution is -2.46. The van der Waals surface area contributed by atoms with Gasteiger partial charge in [0, 0.05) is 42.4 Å². The monoisotopic (exact) mass is 477 g/mol. The fourth-order valence-electron chi connectivity index (χ4n) is 4.69. The molecule has 34 heavy (non-hydrogen) atoms. The van der Waals surface area contributed by atoms with Crippen molar-refractivity contribution in [3.05, 3.63) is 60.9 Å². The number of sulfone groups is 1. The van der Waals surface area contributed by atoms with E-state index in [9.17, 15) is 13.5 Å². The number of hydrogen-bond acceptors (Lipinski definition) is 7. The summed E-state index contributed by atoms with van der Waals surface area (Å²) < 4.78 is 29.8. The third kappa shape index (κ3) is 4.19. The molecule has 1 N–H and O–H groups in total. The zero-order valence-electron chi connectivity index (χ0n) is 19.4. The Balaban J connectivity index is 1.53. The number of furan rings is 1. The largest absolute Gasteiger partial charge is 0.454 e. The Morgan fingerprint density at radius 1 is 1.03 bits per heavy atom. The second-order valence-electron chi connectivity index (χ2n) is 9.39. The van der Waals surface area contributed by atoms with Crippen LogP contribution >= 0.6 is 0 Å². The molecule has 0 spiro atoms. The van der Waals surface area contributed by atoms with E-state index in [2.05, 4.69) is 14.9 Å². The number of fused-ring (bicyclic) bond motifs is 1. The quantitative estimate of drug-likeness (QED) is 0.445. The number of aromatic nitrogens is 2. The Hall–Kier alpha value is -3.23. The lowest BCUT2D eigenvalue weighted by molar-refractivity contribution is 0.0533. The maximum atomic E-state index is 11.8. The number of rotatable bonds is 5. The molecule has 1 atom stereocenters. The summed E-state index contributed by atoms with van der Waals surface area (Å²) in [6, 6.07) is 14.4. The lowest BCUT2D eigenvalue weighted by Gasteiger charge is -2.34. The van der Waals surface area contributed by atoms with Gasteiger partial charge in [-0.05, 0) is 74.7 Å². The highest BCUT2D eigenvalue weighted by atomic mass is 32.2. The average molecular weight is 478 g/mol. The molecule has 0 radical (unpaired) electrons. The van der Waals surface area contributed by atoms with E-state index in [-0.39, 0.29) is 10.9 Å². The van der Waals surface area contributed by atoms with Crippen LogP contribution in [0, 0.1) is 0 Å². The third-order valence-corrected chi connectivity index (χ3v) is 7.53. The highest BCUT2D eigenvalue weighted by Gasteiger charge is 2.36. The van der Waals surface area contributed by atoms with Crippen LogP contribution in [-0.4, -0.2) is 47.9 Å². The van der Waals surface area contributed by atoms with Gasteiger partial charge in [0.25, 0.3) is 0 Å². The van der Waals surface area contributed by atoms with E-state index in [0.29, 0.717) is 16.9 Å². The normalized spacial score (nSPS) is 16.9. The smallest absolute Gasteiger partial charge is 0.175 e. The molecule has 0 unspecified atom stereocenters. The fourth-order valence-corrected chi connectivity index (χ4v) is 5.32. The van der Waals surface area contributed by atoms with Gasteiger partial charge in [-0.15, -0.1) is 0 Å². The van der Waals surface area contributed by atoms with E-state index in [1.165, 1.54) is 6.26 Å². The van der Waals surface area contributed by atoms with Crippen molar-refractivity contribution in [3.63, 3.8) is 0 Å². The molecule has 0 bridgehead atoms. The van der Waals surface area contributed by atoms with Crippen molar-refractivity contribution in [3.8, 4) is 22.5 Å². The lowest BCUT2D eigenvalue weighted by atomic mass is 9.96. The number of nitrogens with zero attached hydrogens (tertiary/aromatic N) is 3. The van der Waals surface area contributed by atoms with E-state index in [0.717, 1.165) is 41.9 Å². The van der Waals surface area contributed by atoms with Gasteiger partial charge in [-0.1, -0.05) is 0 Å². The fraction of sp³-hybridized carbons (Fsp3) is 0.308. The SMILES string of the molecule is CC(C)(O)[C@@H]1CCCN1c1cc(-c2ccnc3cc(-c4ccc(S(C)(=O)=O)cc4)oc23)ccn1. The zero-order chi connectivity index (χ0) is 24.1. The minimum Gasteiger partial charge on any atom is -0.454 e. The number of aliphatic hydroxyl groups is 1. The molecule has 0 aliphatic carbocycles. The molecular formula is C26H27N3O4S. The first kappa shape index (κ1) is 22.6. The van der Waals surface area contributed by atoms with Crippen molar-refractivity contribution < 1.29 is 17.9 Å². The number of anilines is 1. The Morgan fingerprint density at radius 2 is 1.76 bits per heavy atom. The van der Waals surface area contributed by atoms with Crippen molar-refractivity contribution in [2.24, 2.45) is 0 Å². The number of hydrogen-bond donors (Lipinski definition) is 1. The van der Waals surface area contributed by atoms with Gasteiger partial charge in [0.1, 0.15) is 17.1 Å². The van der Waals surface area contributed by atoms with Crippen LogP contribution in [0.25, 0.3) is 33.6 Å². The molecule has 1 aromatic carbocycles. The molecule has 1 fully saturated rings. The first-order valence-corrected chi connectivity index (χ1v) is 13.1. The average Bonchev–Trinajstić information content (AvgIpc) is 3.46. The predicted octanol–water partition coefficient (Wildman–Crippen LogP) is 4.70. The molecule has 8 heteroatoms. The molecule has 0 saturated carbocycles. The Kier molecular flexibility index (Phi) is 5.45. The molecule has 7 nitrogen and oxygen atoms in total. The van der Waals surface area contributed by atoms with Gasteiger partial charge in [0.15, 0.2) is 15.4 Å². The van der Waals surface area contributed by atoms with Gasteiger partial charge < -0.3 is 14.4 Å². The summed E-state index contributed by atoms with van der Waals surface area (Å²) in [5.74, 6) is 1.45. The first-order valence-electron chi connectivity index (χ1n) is 11.3. The Bertz CT molecular complexity index is 1450. The molecule has 0 amide bonds. The minimum absolute atomic E-state index is 0.0119. The summed E-state index contributed by atoms with van der Waals surface area (Å²) in [6.45, 7) is 4.55. The second kappa shape index (κ2) is 8.21. The molecular weight excluding hydrogens is 450 g/mol. The molecule has 1 saturated heterocycles. The molecule has 1 aliphatic heterocycles. The highest BCUT2D eigenvalue weighted by molar-refractivity contribution is 7.90. The van der Waals surface area contributed by atoms with Gasteiger partial charge >= 0.3 is 0 Å². The van der Waals surface area contributed by atoms with E-state index in [1.54, 1.807) is 36.7 Å². The van der Waals surface area contributed by atoms with Crippen LogP contribution in [0.4, 0.5) is 5.82 Å². The van der Waals surface area contributed by atoms with Crippen LogP contribution in [-0.2, 0) is 9.84 Å². The standard InChI is InChI=1S/C26H27N3O4S/c1-26(2,30)23-5-4-14-29(23)24-15-18(10-12-28-24)20-11-13-27-21-16-22(33-25(20)21)17-6-8-19(9-7-17)34(3,31)32/h6-13,15-16,23,30H,4-5,14H2,1-3H3/t23-/m0/s1. The third-order valence-electron chi connectivity index (χ3n) is 6.40. The van der Waals surface area contributed by atoms with Crippen molar-refractivity contribution in [1.82, 2.24) is 9.97 Å². The van der Waals surface area contributed by atoms with Crippen LogP contribution in [0.5, 0.6) is 0 Å². The molecule has 4 aromatic rings. The zero-order valence-corrected chi connectivity index (χ0v) is 20.2. The summed E-state index contributed by atoms with van der Waals surface area (Å²) in [4.78, 5) is 11.5. The van der Waals surface area contributed by atoms with Crippen molar-refractivity contribution >= 4 is 26.8 Å². The van der Waals surface area contributed by atoms with Gasteiger partial charge in [-0.3, -0.25) is 4.98 Å². The molecule has 4 heterocycles. The molecule has 1 aliphatic rings.